The van der Waals surface area contributed by atoms with E-state index in [-0.39, 0.29) is 50.2 Å². The molecule has 0 aliphatic rings. The van der Waals surface area contributed by atoms with Crippen LogP contribution in [-0.2, 0) is 2.85 Å². The molecule has 0 bridgehead atoms. The van der Waals surface area contributed by atoms with Crippen LogP contribution in [0.2, 0.25) is 0 Å². The van der Waals surface area contributed by atoms with Crippen LogP contribution < -0.4 is 0 Å². The summed E-state index contributed by atoms with van der Waals surface area (Å²) in [5.41, 5.74) is 0. The summed E-state index contributed by atoms with van der Waals surface area (Å²) in [5, 5.41) is 13.6. The monoisotopic (exact) mass is 313 g/mol. The molecule has 0 rings (SSSR count). The second-order valence-electron chi connectivity index (χ2n) is 0.238. The molecule has 0 aliphatic heterocycles. The molecule has 0 fully saturated rings. The Hall–Kier alpha value is 0.740. The Labute approximate surface area is 73.0 Å². The van der Waals surface area contributed by atoms with Gasteiger partial charge in [0.1, 0.15) is 0 Å². The second-order valence-corrected chi connectivity index (χ2v) is 0.238. The van der Waals surface area contributed by atoms with Crippen LogP contribution in [0.4, 0.5) is 0 Å². The van der Waals surface area contributed by atoms with Crippen molar-refractivity contribution >= 4 is 50.2 Å². The number of nitrogens with zero attached hydrogens (tertiary/aromatic N) is 1. The molecule has 0 heterocycles. The molecule has 7 heteroatoms. The van der Waals surface area contributed by atoms with Crippen LogP contribution in [0.25, 0.3) is 0 Å². The molecule has 0 aromatic carbocycles. The van der Waals surface area contributed by atoms with Gasteiger partial charge in [0.15, 0.2) is 0 Å². The van der Waals surface area contributed by atoms with E-state index in [0.29, 0.717) is 0 Å². The number of hydrogen-bond donors (Lipinski definition) is 1. The predicted molar refractivity (Wildman–Crippen MR) is 26.6 cm³/mol. The van der Waals surface area contributed by atoms with Crippen LogP contribution in [0.15, 0.2) is 0 Å². The van der Waals surface area contributed by atoms with Crippen molar-refractivity contribution in [1.82, 2.24) is 0 Å². The third kappa shape index (κ3) is 276. The average Bonchev–Trinajstić information content (AvgIpc) is 1.41. The van der Waals surface area contributed by atoms with Gasteiger partial charge in [0.25, 0.3) is 5.09 Å². The van der Waals surface area contributed by atoms with Gasteiger partial charge in [-0.05, 0) is 0 Å². The molecule has 0 spiro atoms. The van der Waals surface area contributed by atoms with E-state index in [2.05, 4.69) is 0 Å². The molecule has 0 aliphatic carbocycles. The Kier molecular flexibility index (Phi) is 35.5. The topological polar surface area (TPSA) is 80.4 Å². The van der Waals surface area contributed by atoms with Gasteiger partial charge in [-0.2, -0.15) is 0 Å². The van der Waals surface area contributed by atoms with Crippen LogP contribution in [-0.4, -0.2) is 60.5 Å². The summed E-state index contributed by atoms with van der Waals surface area (Å²) in [7, 11) is 0. The van der Waals surface area contributed by atoms with Crippen LogP contribution in [0, 0.1) is 10.1 Å². The van der Waals surface area contributed by atoms with Gasteiger partial charge >= 0.3 is 53.1 Å². The molecular formula is H5In2NO4. The molecule has 0 atom stereocenters. The van der Waals surface area contributed by atoms with Crippen molar-refractivity contribution in [3.05, 3.63) is 10.1 Å². The summed E-state index contributed by atoms with van der Waals surface area (Å²) in [6.07, 6.45) is 0. The normalized spacial score (nSPS) is 3.86. The Balaban J connectivity index is -0.0000000480. The van der Waals surface area contributed by atoms with E-state index in [1.54, 1.807) is 0 Å². The van der Waals surface area contributed by atoms with Gasteiger partial charge in [0.05, 0.1) is 0 Å². The van der Waals surface area contributed by atoms with Crippen molar-refractivity contribution in [3.8, 4) is 0 Å². The first-order valence-corrected chi connectivity index (χ1v) is 2.50. The summed E-state index contributed by atoms with van der Waals surface area (Å²) < 4.78 is 8.42. The van der Waals surface area contributed by atoms with E-state index in [4.69, 9.17) is 18.2 Å². The Morgan fingerprint density at radius 2 is 1.57 bits per heavy atom. The molecule has 0 radical (unpaired) electrons. The molecular weight excluding hydrogens is 308 g/mol. The maximum atomic E-state index is 8.42. The first kappa shape index (κ1) is 15.6. The molecule has 0 aromatic heterocycles. The number of hydrogen-bond acceptors (Lipinski definition) is 3. The van der Waals surface area contributed by atoms with Gasteiger partial charge in [-0.3, -0.25) is 0 Å². The summed E-state index contributed by atoms with van der Waals surface area (Å²) in [6, 6.07) is 0. The van der Waals surface area contributed by atoms with Crippen molar-refractivity contribution in [2.24, 2.45) is 0 Å². The predicted octanol–water partition coefficient (Wildman–Crippen LogP) is -2.30. The van der Waals surface area contributed by atoms with E-state index >= 15 is 0 Å². The zero-order valence-electron chi connectivity index (χ0n) is 2.83. The minimum absolute atomic E-state index is 0. The third-order valence-corrected chi connectivity index (χ3v) is 0. The fourth-order valence-corrected chi connectivity index (χ4v) is 0. The summed E-state index contributed by atoms with van der Waals surface area (Å²) in [6.45, 7) is 0. The molecule has 0 amide bonds. The van der Waals surface area contributed by atoms with Crippen molar-refractivity contribution in [3.63, 3.8) is 0 Å². The second kappa shape index (κ2) is 15.9. The summed E-state index contributed by atoms with van der Waals surface area (Å²) >= 11 is -0.1000. The molecule has 7 heavy (non-hydrogen) atoms. The zero-order chi connectivity index (χ0) is 5.58. The third-order valence-electron chi connectivity index (χ3n) is 0. The molecule has 0 unspecified atom stereocenters. The van der Waals surface area contributed by atoms with Gasteiger partial charge in [-0.15, -0.1) is 10.1 Å². The quantitative estimate of drug-likeness (QED) is 0.403. The summed E-state index contributed by atoms with van der Waals surface area (Å²) in [4.78, 5) is 8.36. The SMILES string of the molecule is O=[N+]([O-])O.[InH3].[O]=[InH]. The maximum absolute atomic E-state index is 8.42. The van der Waals surface area contributed by atoms with E-state index in [9.17, 15) is 0 Å². The van der Waals surface area contributed by atoms with Crippen molar-refractivity contribution in [2.75, 3.05) is 0 Å². The van der Waals surface area contributed by atoms with Gasteiger partial charge in [0.2, 0.25) is 0 Å². The number of rotatable bonds is 0. The summed E-state index contributed by atoms with van der Waals surface area (Å²) in [5.74, 6) is 0. The van der Waals surface area contributed by atoms with E-state index in [1.165, 1.54) is 0 Å². The first-order valence-electron chi connectivity index (χ1n) is 0.854. The Bertz CT molecular complexity index is 41.0. The van der Waals surface area contributed by atoms with E-state index < -0.39 is 5.09 Å². The fraction of sp³-hybridized carbons (Fsp3) is 0. The minimum atomic E-state index is -1.50. The Morgan fingerprint density at radius 3 is 1.57 bits per heavy atom. The molecule has 0 aromatic rings. The van der Waals surface area contributed by atoms with Gasteiger partial charge in [0, 0.05) is 0 Å². The molecule has 1 N–H and O–H groups in total. The van der Waals surface area contributed by atoms with E-state index in [0.717, 1.165) is 0 Å². The molecule has 0 saturated carbocycles. The average molecular weight is 313 g/mol. The standard InChI is InChI=1S/2In.HNO3.O.4H/c;;2-1(3)4;;;;;/h;;(H,2,3,4);;;;;. The van der Waals surface area contributed by atoms with Crippen LogP contribution in [0.1, 0.15) is 0 Å². The fourth-order valence-electron chi connectivity index (χ4n) is 0. The zero-order valence-corrected chi connectivity index (χ0v) is 6.86. The molecule has 0 saturated heterocycles. The molecule has 40 valence electrons. The van der Waals surface area contributed by atoms with Crippen molar-refractivity contribution in [2.45, 2.75) is 0 Å². The van der Waals surface area contributed by atoms with Crippen LogP contribution in [0.5, 0.6) is 0 Å². The first-order chi connectivity index (χ1) is 2.73. The van der Waals surface area contributed by atoms with Crippen molar-refractivity contribution < 1.29 is 13.1 Å². The van der Waals surface area contributed by atoms with E-state index in [1.807, 2.05) is 0 Å². The van der Waals surface area contributed by atoms with Gasteiger partial charge in [-0.1, -0.05) is 0 Å². The Morgan fingerprint density at radius 1 is 1.57 bits per heavy atom. The van der Waals surface area contributed by atoms with Crippen LogP contribution >= 0.6 is 0 Å². The van der Waals surface area contributed by atoms with Gasteiger partial charge < -0.3 is 5.21 Å². The van der Waals surface area contributed by atoms with Crippen molar-refractivity contribution in [1.29, 1.82) is 0 Å². The van der Waals surface area contributed by atoms with Crippen LogP contribution in [0.3, 0.4) is 0 Å². The van der Waals surface area contributed by atoms with Gasteiger partial charge in [-0.25, -0.2) is 0 Å². The molecule has 5 nitrogen and oxygen atoms in total.